The monoisotopic (exact) mass is 218 g/mol. The molecule has 0 aromatic heterocycles. The third-order valence-corrected chi connectivity index (χ3v) is 2.82. The van der Waals surface area contributed by atoms with Crippen molar-refractivity contribution in [2.45, 2.75) is 53.6 Å². The van der Waals surface area contributed by atoms with Crippen LogP contribution in [0.5, 0.6) is 0 Å². The third kappa shape index (κ3) is 3.80. The Bertz CT molecular complexity index is 221. The lowest BCUT2D eigenvalue weighted by Gasteiger charge is -2.35. The van der Waals surface area contributed by atoms with Gasteiger partial charge in [0.05, 0.1) is 11.5 Å². The lowest BCUT2D eigenvalue weighted by molar-refractivity contribution is -0.245. The molecule has 0 heterocycles. The van der Waals surface area contributed by atoms with E-state index in [0.29, 0.717) is 12.8 Å². The molecule has 0 aliphatic rings. The predicted molar refractivity (Wildman–Crippen MR) is 57.2 cm³/mol. The Hall–Kier alpha value is -0.610. The van der Waals surface area contributed by atoms with Gasteiger partial charge in [0.15, 0.2) is 0 Å². The van der Waals surface area contributed by atoms with E-state index in [0.717, 1.165) is 0 Å². The van der Waals surface area contributed by atoms with Crippen LogP contribution in [-0.2, 0) is 9.68 Å². The van der Waals surface area contributed by atoms with Gasteiger partial charge >= 0.3 is 5.97 Å². The highest BCUT2D eigenvalue weighted by Gasteiger charge is 2.39. The lowest BCUT2D eigenvalue weighted by Crippen LogP contribution is -2.37. The maximum absolute atomic E-state index is 11.3. The van der Waals surface area contributed by atoms with Crippen LogP contribution in [0.15, 0.2) is 0 Å². The van der Waals surface area contributed by atoms with Crippen LogP contribution in [0.3, 0.4) is 0 Å². The Morgan fingerprint density at radius 3 is 2.13 bits per heavy atom. The van der Waals surface area contributed by atoms with E-state index in [1.165, 1.54) is 0 Å². The zero-order chi connectivity index (χ0) is 12.3. The Morgan fingerprint density at radius 2 is 1.80 bits per heavy atom. The molecule has 15 heavy (non-hydrogen) atoms. The van der Waals surface area contributed by atoms with E-state index in [2.05, 4.69) is 4.89 Å². The lowest BCUT2D eigenvalue weighted by atomic mass is 9.71. The SMILES string of the molecule is CCC(O)C(C)(C)CC(C)(C)C(=O)OO. The maximum atomic E-state index is 11.3. The van der Waals surface area contributed by atoms with E-state index in [-0.39, 0.29) is 5.41 Å². The Morgan fingerprint density at radius 1 is 1.33 bits per heavy atom. The van der Waals surface area contributed by atoms with Crippen LogP contribution < -0.4 is 0 Å². The van der Waals surface area contributed by atoms with Gasteiger partial charge in [-0.3, -0.25) is 0 Å². The fourth-order valence-electron chi connectivity index (χ4n) is 2.01. The summed E-state index contributed by atoms with van der Waals surface area (Å²) in [6, 6.07) is 0. The van der Waals surface area contributed by atoms with E-state index in [4.69, 9.17) is 5.26 Å². The molecule has 90 valence electrons. The highest BCUT2D eigenvalue weighted by atomic mass is 17.1. The van der Waals surface area contributed by atoms with Crippen molar-refractivity contribution in [3.8, 4) is 0 Å². The van der Waals surface area contributed by atoms with Gasteiger partial charge in [0.1, 0.15) is 0 Å². The number of carbonyl (C=O) groups is 1. The minimum absolute atomic E-state index is 0.383. The summed E-state index contributed by atoms with van der Waals surface area (Å²) in [6.07, 6.45) is 0.620. The fraction of sp³-hybridized carbons (Fsp3) is 0.909. The minimum Gasteiger partial charge on any atom is -0.393 e. The molecule has 1 unspecified atom stereocenters. The summed E-state index contributed by atoms with van der Waals surface area (Å²) in [4.78, 5) is 15.0. The number of aliphatic hydroxyl groups is 1. The Balaban J connectivity index is 4.63. The van der Waals surface area contributed by atoms with Gasteiger partial charge in [0, 0.05) is 0 Å². The van der Waals surface area contributed by atoms with Gasteiger partial charge in [-0.15, -0.1) is 0 Å². The van der Waals surface area contributed by atoms with Gasteiger partial charge in [-0.05, 0) is 32.1 Å². The van der Waals surface area contributed by atoms with Crippen molar-refractivity contribution in [1.29, 1.82) is 0 Å². The molecule has 0 radical (unpaired) electrons. The molecular weight excluding hydrogens is 196 g/mol. The maximum Gasteiger partial charge on any atom is 0.347 e. The smallest absolute Gasteiger partial charge is 0.347 e. The minimum atomic E-state index is -0.797. The molecule has 0 aromatic rings. The average Bonchev–Trinajstić information content (AvgIpc) is 2.13. The molecule has 0 aromatic carbocycles. The highest BCUT2D eigenvalue weighted by Crippen LogP contribution is 2.37. The van der Waals surface area contributed by atoms with Crippen LogP contribution in [0.2, 0.25) is 0 Å². The molecule has 0 amide bonds. The number of aliphatic hydroxyl groups excluding tert-OH is 1. The van der Waals surface area contributed by atoms with Crippen molar-refractivity contribution < 1.29 is 20.0 Å². The van der Waals surface area contributed by atoms with E-state index in [9.17, 15) is 9.90 Å². The molecule has 0 bridgehead atoms. The normalized spacial score (nSPS) is 14.9. The first kappa shape index (κ1) is 14.4. The topological polar surface area (TPSA) is 66.8 Å². The van der Waals surface area contributed by atoms with Crippen molar-refractivity contribution in [3.05, 3.63) is 0 Å². The first-order valence-electron chi connectivity index (χ1n) is 5.21. The van der Waals surface area contributed by atoms with Gasteiger partial charge in [-0.1, -0.05) is 20.8 Å². The molecule has 0 fully saturated rings. The summed E-state index contributed by atoms with van der Waals surface area (Å²) >= 11 is 0. The third-order valence-electron chi connectivity index (χ3n) is 2.82. The first-order valence-corrected chi connectivity index (χ1v) is 5.21. The Kier molecular flexibility index (Phi) is 4.74. The second-order valence-electron chi connectivity index (χ2n) is 5.35. The van der Waals surface area contributed by atoms with Crippen molar-refractivity contribution >= 4 is 5.97 Å². The van der Waals surface area contributed by atoms with Gasteiger partial charge in [0.25, 0.3) is 0 Å². The summed E-state index contributed by atoms with van der Waals surface area (Å²) in [6.45, 7) is 9.07. The van der Waals surface area contributed by atoms with Gasteiger partial charge in [0.2, 0.25) is 0 Å². The van der Waals surface area contributed by atoms with E-state index >= 15 is 0 Å². The summed E-state index contributed by atoms with van der Waals surface area (Å²) < 4.78 is 0. The predicted octanol–water partition coefficient (Wildman–Crippen LogP) is 2.22. The summed E-state index contributed by atoms with van der Waals surface area (Å²) in [5.41, 5.74) is -1.18. The van der Waals surface area contributed by atoms with Crippen molar-refractivity contribution in [2.24, 2.45) is 10.8 Å². The van der Waals surface area contributed by atoms with Crippen molar-refractivity contribution in [2.75, 3.05) is 0 Å². The molecule has 0 saturated heterocycles. The molecule has 0 aliphatic carbocycles. The summed E-state index contributed by atoms with van der Waals surface area (Å²) in [7, 11) is 0. The zero-order valence-corrected chi connectivity index (χ0v) is 10.2. The van der Waals surface area contributed by atoms with Crippen LogP contribution in [-0.4, -0.2) is 22.4 Å². The fourth-order valence-corrected chi connectivity index (χ4v) is 2.01. The van der Waals surface area contributed by atoms with Crippen molar-refractivity contribution in [3.63, 3.8) is 0 Å². The molecular formula is C11H22O4. The van der Waals surface area contributed by atoms with Crippen molar-refractivity contribution in [1.82, 2.24) is 0 Å². The second-order valence-corrected chi connectivity index (χ2v) is 5.35. The van der Waals surface area contributed by atoms with Crippen LogP contribution in [0, 0.1) is 10.8 Å². The van der Waals surface area contributed by atoms with Crippen LogP contribution in [0.4, 0.5) is 0 Å². The first-order chi connectivity index (χ1) is 6.67. The molecule has 0 rings (SSSR count). The molecule has 4 nitrogen and oxygen atoms in total. The zero-order valence-electron chi connectivity index (χ0n) is 10.2. The molecule has 0 aliphatic heterocycles. The van der Waals surface area contributed by atoms with E-state index < -0.39 is 17.5 Å². The second kappa shape index (κ2) is 4.94. The van der Waals surface area contributed by atoms with Crippen LogP contribution in [0.25, 0.3) is 0 Å². The van der Waals surface area contributed by atoms with E-state index in [1.54, 1.807) is 13.8 Å². The molecule has 0 saturated carbocycles. The highest BCUT2D eigenvalue weighted by molar-refractivity contribution is 5.75. The Labute approximate surface area is 91.2 Å². The molecule has 4 heteroatoms. The summed E-state index contributed by atoms with van der Waals surface area (Å²) in [5, 5.41) is 18.1. The molecule has 0 spiro atoms. The molecule has 1 atom stereocenters. The van der Waals surface area contributed by atoms with Crippen LogP contribution >= 0.6 is 0 Å². The average molecular weight is 218 g/mol. The number of hydrogen-bond acceptors (Lipinski definition) is 4. The quantitative estimate of drug-likeness (QED) is 0.548. The molecule has 2 N–H and O–H groups in total. The van der Waals surface area contributed by atoms with Crippen LogP contribution in [0.1, 0.15) is 47.5 Å². The van der Waals surface area contributed by atoms with Gasteiger partial charge < -0.3 is 9.99 Å². The number of rotatable bonds is 5. The van der Waals surface area contributed by atoms with Gasteiger partial charge in [-0.2, -0.15) is 5.26 Å². The number of hydrogen-bond donors (Lipinski definition) is 2. The number of carbonyl (C=O) groups excluding carboxylic acids is 1. The largest absolute Gasteiger partial charge is 0.393 e. The van der Waals surface area contributed by atoms with Gasteiger partial charge in [-0.25, -0.2) is 4.79 Å². The summed E-state index contributed by atoms with van der Waals surface area (Å²) in [5.74, 6) is -0.668. The van der Waals surface area contributed by atoms with E-state index in [1.807, 2.05) is 20.8 Å². The standard InChI is InChI=1S/C11H22O4/c1-6-8(12)10(2,3)7-11(4,5)9(13)15-14/h8,12,14H,6-7H2,1-5H3.